The standard InChI is InChI=1S/C9H10ClNO3/c1-14-8(13)5-7(12)6-3-2-4-11-9(6)10/h2-4,7,12H,5H2,1H3/t7-/m0/s1. The van der Waals surface area contributed by atoms with E-state index in [4.69, 9.17) is 11.6 Å². The SMILES string of the molecule is COC(=O)C[C@H](O)c1cccnc1Cl. The number of hydrogen-bond acceptors (Lipinski definition) is 4. The van der Waals surface area contributed by atoms with Crippen LogP contribution in [0.25, 0.3) is 0 Å². The molecule has 1 atom stereocenters. The molecule has 1 aromatic heterocycles. The van der Waals surface area contributed by atoms with Crippen LogP contribution in [0.5, 0.6) is 0 Å². The minimum atomic E-state index is -0.969. The lowest BCUT2D eigenvalue weighted by molar-refractivity contribution is -0.142. The highest BCUT2D eigenvalue weighted by Crippen LogP contribution is 2.22. The largest absolute Gasteiger partial charge is 0.469 e. The second-order valence-corrected chi connectivity index (χ2v) is 3.04. The molecule has 0 aliphatic heterocycles. The first-order chi connectivity index (χ1) is 6.65. The Morgan fingerprint density at radius 2 is 2.50 bits per heavy atom. The number of ether oxygens (including phenoxy) is 1. The lowest BCUT2D eigenvalue weighted by Crippen LogP contribution is -2.08. The number of hydrogen-bond donors (Lipinski definition) is 1. The number of aromatic nitrogens is 1. The summed E-state index contributed by atoms with van der Waals surface area (Å²) in [5.74, 6) is -0.489. The van der Waals surface area contributed by atoms with Crippen LogP contribution >= 0.6 is 11.6 Å². The molecule has 0 fully saturated rings. The van der Waals surface area contributed by atoms with E-state index < -0.39 is 12.1 Å². The van der Waals surface area contributed by atoms with Gasteiger partial charge in [0.1, 0.15) is 5.15 Å². The average molecular weight is 216 g/mol. The zero-order valence-corrected chi connectivity index (χ0v) is 8.36. The molecular formula is C9H10ClNO3. The fourth-order valence-electron chi connectivity index (χ4n) is 0.998. The van der Waals surface area contributed by atoms with E-state index in [-0.39, 0.29) is 11.6 Å². The molecule has 4 nitrogen and oxygen atoms in total. The summed E-state index contributed by atoms with van der Waals surface area (Å²) < 4.78 is 4.42. The van der Waals surface area contributed by atoms with Gasteiger partial charge in [-0.25, -0.2) is 4.98 Å². The third-order valence-electron chi connectivity index (χ3n) is 1.73. The lowest BCUT2D eigenvalue weighted by atomic mass is 10.1. The van der Waals surface area contributed by atoms with E-state index in [0.29, 0.717) is 5.56 Å². The van der Waals surface area contributed by atoms with Crippen molar-refractivity contribution in [1.29, 1.82) is 0 Å². The maximum Gasteiger partial charge on any atom is 0.308 e. The van der Waals surface area contributed by atoms with Crippen LogP contribution < -0.4 is 0 Å². The zero-order valence-electron chi connectivity index (χ0n) is 7.61. The molecule has 0 bridgehead atoms. The van der Waals surface area contributed by atoms with E-state index in [0.717, 1.165) is 0 Å². The Morgan fingerprint density at radius 1 is 1.79 bits per heavy atom. The summed E-state index contributed by atoms with van der Waals surface area (Å²) in [6.45, 7) is 0. The van der Waals surface area contributed by atoms with Crippen LogP contribution in [0, 0.1) is 0 Å². The molecule has 0 spiro atoms. The number of nitrogens with zero attached hydrogens (tertiary/aromatic N) is 1. The maximum absolute atomic E-state index is 10.9. The van der Waals surface area contributed by atoms with Gasteiger partial charge in [-0.05, 0) is 6.07 Å². The Morgan fingerprint density at radius 3 is 3.07 bits per heavy atom. The van der Waals surface area contributed by atoms with Crippen molar-refractivity contribution in [2.75, 3.05) is 7.11 Å². The van der Waals surface area contributed by atoms with Crippen LogP contribution in [-0.4, -0.2) is 23.2 Å². The van der Waals surface area contributed by atoms with Gasteiger partial charge in [-0.15, -0.1) is 0 Å². The van der Waals surface area contributed by atoms with Crippen molar-refractivity contribution in [2.24, 2.45) is 0 Å². The van der Waals surface area contributed by atoms with Crippen LogP contribution in [0.3, 0.4) is 0 Å². The minimum Gasteiger partial charge on any atom is -0.469 e. The van der Waals surface area contributed by atoms with Crippen molar-refractivity contribution < 1.29 is 14.6 Å². The van der Waals surface area contributed by atoms with Gasteiger partial charge in [0.05, 0.1) is 19.6 Å². The highest BCUT2D eigenvalue weighted by molar-refractivity contribution is 6.30. The van der Waals surface area contributed by atoms with Gasteiger partial charge in [0.15, 0.2) is 0 Å². The summed E-state index contributed by atoms with van der Waals surface area (Å²) >= 11 is 5.72. The van der Waals surface area contributed by atoms with Gasteiger partial charge >= 0.3 is 5.97 Å². The van der Waals surface area contributed by atoms with E-state index in [1.54, 1.807) is 12.1 Å². The molecular weight excluding hydrogens is 206 g/mol. The summed E-state index contributed by atoms with van der Waals surface area (Å²) in [7, 11) is 1.26. The number of halogens is 1. The van der Waals surface area contributed by atoms with Gasteiger partial charge in [0.25, 0.3) is 0 Å². The summed E-state index contributed by atoms with van der Waals surface area (Å²) in [5.41, 5.74) is 0.430. The molecule has 1 N–H and O–H groups in total. The van der Waals surface area contributed by atoms with Gasteiger partial charge in [0.2, 0.25) is 0 Å². The van der Waals surface area contributed by atoms with Crippen LogP contribution in [0.1, 0.15) is 18.1 Å². The molecule has 0 radical (unpaired) electrons. The number of aliphatic hydroxyl groups excluding tert-OH is 1. The van der Waals surface area contributed by atoms with E-state index >= 15 is 0 Å². The molecule has 0 aliphatic carbocycles. The third kappa shape index (κ3) is 2.68. The van der Waals surface area contributed by atoms with Crippen LogP contribution in [0.2, 0.25) is 5.15 Å². The van der Waals surface area contributed by atoms with Crippen LogP contribution in [0.4, 0.5) is 0 Å². The van der Waals surface area contributed by atoms with Crippen LogP contribution in [0.15, 0.2) is 18.3 Å². The molecule has 0 aromatic carbocycles. The molecule has 1 rings (SSSR count). The molecule has 1 heterocycles. The Labute approximate surface area is 86.5 Å². The highest BCUT2D eigenvalue weighted by Gasteiger charge is 2.16. The zero-order chi connectivity index (χ0) is 10.6. The molecule has 5 heteroatoms. The molecule has 14 heavy (non-hydrogen) atoms. The molecule has 0 saturated carbocycles. The Kier molecular flexibility index (Phi) is 3.85. The third-order valence-corrected chi connectivity index (χ3v) is 2.05. The van der Waals surface area contributed by atoms with Crippen molar-refractivity contribution in [2.45, 2.75) is 12.5 Å². The molecule has 0 unspecified atom stereocenters. The minimum absolute atomic E-state index is 0.123. The second-order valence-electron chi connectivity index (χ2n) is 2.68. The molecule has 0 saturated heterocycles. The maximum atomic E-state index is 10.9. The molecule has 0 amide bonds. The van der Waals surface area contributed by atoms with Gasteiger partial charge in [-0.3, -0.25) is 4.79 Å². The van der Waals surface area contributed by atoms with Gasteiger partial charge in [-0.1, -0.05) is 17.7 Å². The fourth-order valence-corrected chi connectivity index (χ4v) is 1.24. The van der Waals surface area contributed by atoms with Crippen LogP contribution in [-0.2, 0) is 9.53 Å². The number of pyridine rings is 1. The Hall–Kier alpha value is -1.13. The predicted molar refractivity (Wildman–Crippen MR) is 50.8 cm³/mol. The van der Waals surface area contributed by atoms with E-state index in [2.05, 4.69) is 9.72 Å². The number of rotatable bonds is 3. The quantitative estimate of drug-likeness (QED) is 0.611. The summed E-state index contributed by atoms with van der Waals surface area (Å²) in [6, 6.07) is 3.25. The fraction of sp³-hybridized carbons (Fsp3) is 0.333. The number of esters is 1. The van der Waals surface area contributed by atoms with E-state index in [1.165, 1.54) is 13.3 Å². The van der Waals surface area contributed by atoms with Gasteiger partial charge in [-0.2, -0.15) is 0 Å². The monoisotopic (exact) mass is 215 g/mol. The van der Waals surface area contributed by atoms with E-state index in [1.807, 2.05) is 0 Å². The van der Waals surface area contributed by atoms with Crippen molar-refractivity contribution in [3.05, 3.63) is 29.0 Å². The number of carbonyl (C=O) groups excluding carboxylic acids is 1. The smallest absolute Gasteiger partial charge is 0.308 e. The summed E-state index contributed by atoms with van der Waals surface area (Å²) in [5, 5.41) is 9.78. The van der Waals surface area contributed by atoms with Crippen molar-refractivity contribution in [3.8, 4) is 0 Å². The van der Waals surface area contributed by atoms with Crippen molar-refractivity contribution in [3.63, 3.8) is 0 Å². The topological polar surface area (TPSA) is 59.4 Å². The Balaban J connectivity index is 2.74. The number of aliphatic hydroxyl groups is 1. The average Bonchev–Trinajstić information content (AvgIpc) is 2.18. The van der Waals surface area contributed by atoms with E-state index in [9.17, 15) is 9.90 Å². The first-order valence-electron chi connectivity index (χ1n) is 4.00. The molecule has 76 valence electrons. The van der Waals surface area contributed by atoms with Crippen molar-refractivity contribution in [1.82, 2.24) is 4.98 Å². The molecule has 0 aliphatic rings. The lowest BCUT2D eigenvalue weighted by Gasteiger charge is -2.09. The van der Waals surface area contributed by atoms with Gasteiger partial charge in [0, 0.05) is 11.8 Å². The second kappa shape index (κ2) is 4.93. The number of methoxy groups -OCH3 is 1. The first-order valence-corrected chi connectivity index (χ1v) is 4.38. The summed E-state index contributed by atoms with van der Waals surface area (Å²) in [6.07, 6.45) is 0.419. The normalized spacial score (nSPS) is 12.2. The van der Waals surface area contributed by atoms with Gasteiger partial charge < -0.3 is 9.84 Å². The predicted octanol–water partition coefficient (Wildman–Crippen LogP) is 1.33. The number of carbonyl (C=O) groups is 1. The van der Waals surface area contributed by atoms with Crippen molar-refractivity contribution >= 4 is 17.6 Å². The summed E-state index contributed by atoms with van der Waals surface area (Å²) in [4.78, 5) is 14.6. The Bertz CT molecular complexity index is 330. The first kappa shape index (κ1) is 10.9. The molecule has 1 aromatic rings. The highest BCUT2D eigenvalue weighted by atomic mass is 35.5.